The lowest BCUT2D eigenvalue weighted by Crippen LogP contribution is -2.42. The number of likely N-dealkylation sites (tertiary alicyclic amines) is 1. The van der Waals surface area contributed by atoms with Crippen molar-refractivity contribution in [1.29, 1.82) is 0 Å². The number of carbonyl (C=O) groups is 1. The van der Waals surface area contributed by atoms with Crippen LogP contribution in [0, 0.1) is 0 Å². The summed E-state index contributed by atoms with van der Waals surface area (Å²) in [6, 6.07) is 8.81. The molecular formula is C21H30N6O. The second-order valence-electron chi connectivity index (χ2n) is 7.90. The Morgan fingerprint density at radius 2 is 2.04 bits per heavy atom. The number of hydrogen-bond donors (Lipinski definition) is 1. The van der Waals surface area contributed by atoms with Gasteiger partial charge in [0, 0.05) is 58.4 Å². The molecule has 7 nitrogen and oxygen atoms in total. The molecule has 2 aromatic rings. The third-order valence-electron chi connectivity index (χ3n) is 5.78. The number of aryl methyl sites for hydroxylation is 1. The summed E-state index contributed by atoms with van der Waals surface area (Å²) in [5, 5.41) is 8.44. The highest BCUT2D eigenvalue weighted by Gasteiger charge is 2.21. The van der Waals surface area contributed by atoms with Gasteiger partial charge in [0.1, 0.15) is 0 Å². The molecule has 4 rings (SSSR count). The fraction of sp³-hybridized carbons (Fsp3) is 0.571. The SMILES string of the molecule is CC(=O)N1CCCn2nc(CNC3CCN(Cc4ccccn4)CC3)cc2C1. The molecule has 2 aliphatic rings. The number of fused-ring (bicyclic) bond motifs is 1. The van der Waals surface area contributed by atoms with Gasteiger partial charge in [0.05, 0.1) is 23.6 Å². The average molecular weight is 383 g/mol. The number of pyridine rings is 1. The first-order valence-corrected chi connectivity index (χ1v) is 10.3. The summed E-state index contributed by atoms with van der Waals surface area (Å²) in [5.74, 6) is 0.145. The maximum Gasteiger partial charge on any atom is 0.219 e. The Hall–Kier alpha value is -2.25. The number of rotatable bonds is 5. The normalized spacial score (nSPS) is 18.7. The van der Waals surface area contributed by atoms with E-state index in [9.17, 15) is 4.79 Å². The maximum atomic E-state index is 11.7. The van der Waals surface area contributed by atoms with Gasteiger partial charge in [-0.2, -0.15) is 5.10 Å². The van der Waals surface area contributed by atoms with Crippen molar-refractivity contribution in [3.05, 3.63) is 47.5 Å². The summed E-state index contributed by atoms with van der Waals surface area (Å²) in [5.41, 5.74) is 3.37. The van der Waals surface area contributed by atoms with E-state index in [1.807, 2.05) is 17.2 Å². The Kier molecular flexibility index (Phi) is 6.02. The molecule has 0 unspecified atom stereocenters. The van der Waals surface area contributed by atoms with Crippen LogP contribution in [-0.4, -0.2) is 56.1 Å². The van der Waals surface area contributed by atoms with Crippen LogP contribution in [0.2, 0.25) is 0 Å². The summed E-state index contributed by atoms with van der Waals surface area (Å²) in [6.07, 6.45) is 5.14. The van der Waals surface area contributed by atoms with Crippen LogP contribution in [0.1, 0.15) is 43.3 Å². The van der Waals surface area contributed by atoms with Crippen molar-refractivity contribution < 1.29 is 4.79 Å². The van der Waals surface area contributed by atoms with Crippen molar-refractivity contribution in [3.63, 3.8) is 0 Å². The molecule has 0 aliphatic carbocycles. The number of hydrogen-bond acceptors (Lipinski definition) is 5. The van der Waals surface area contributed by atoms with Crippen molar-refractivity contribution in [2.45, 2.75) is 58.4 Å². The molecule has 1 amide bonds. The molecule has 4 heterocycles. The van der Waals surface area contributed by atoms with Gasteiger partial charge in [0.15, 0.2) is 0 Å². The predicted molar refractivity (Wildman–Crippen MR) is 107 cm³/mol. The number of piperidine rings is 1. The molecule has 0 spiro atoms. The van der Waals surface area contributed by atoms with Gasteiger partial charge in [-0.05, 0) is 37.5 Å². The summed E-state index contributed by atoms with van der Waals surface area (Å²) in [6.45, 7) is 7.97. The Morgan fingerprint density at radius 1 is 1.18 bits per heavy atom. The Morgan fingerprint density at radius 3 is 2.79 bits per heavy atom. The van der Waals surface area contributed by atoms with Gasteiger partial charge in [-0.1, -0.05) is 6.07 Å². The number of amides is 1. The van der Waals surface area contributed by atoms with Crippen LogP contribution in [0.3, 0.4) is 0 Å². The minimum atomic E-state index is 0.145. The van der Waals surface area contributed by atoms with E-state index in [2.05, 4.69) is 38.1 Å². The molecule has 1 fully saturated rings. The molecule has 0 atom stereocenters. The zero-order valence-electron chi connectivity index (χ0n) is 16.7. The Labute approximate surface area is 166 Å². The summed E-state index contributed by atoms with van der Waals surface area (Å²) in [7, 11) is 0. The lowest BCUT2D eigenvalue weighted by Gasteiger charge is -2.32. The molecule has 28 heavy (non-hydrogen) atoms. The van der Waals surface area contributed by atoms with Crippen LogP contribution >= 0.6 is 0 Å². The molecule has 0 saturated carbocycles. The first-order valence-electron chi connectivity index (χ1n) is 10.3. The summed E-state index contributed by atoms with van der Waals surface area (Å²) >= 11 is 0. The molecule has 2 aromatic heterocycles. The van der Waals surface area contributed by atoms with E-state index < -0.39 is 0 Å². The molecule has 2 aliphatic heterocycles. The van der Waals surface area contributed by atoms with Crippen molar-refractivity contribution in [3.8, 4) is 0 Å². The molecule has 1 N–H and O–H groups in total. The number of nitrogens with one attached hydrogen (secondary N) is 1. The predicted octanol–water partition coefficient (Wildman–Crippen LogP) is 1.78. The second kappa shape index (κ2) is 8.84. The first kappa shape index (κ1) is 19.1. The smallest absolute Gasteiger partial charge is 0.219 e. The molecule has 1 saturated heterocycles. The van der Waals surface area contributed by atoms with E-state index in [0.29, 0.717) is 12.6 Å². The van der Waals surface area contributed by atoms with Crippen LogP contribution < -0.4 is 5.32 Å². The van der Waals surface area contributed by atoms with Gasteiger partial charge in [-0.15, -0.1) is 0 Å². The maximum absolute atomic E-state index is 11.7. The lowest BCUT2D eigenvalue weighted by molar-refractivity contribution is -0.129. The van der Waals surface area contributed by atoms with Gasteiger partial charge in [0.2, 0.25) is 5.91 Å². The van der Waals surface area contributed by atoms with Gasteiger partial charge < -0.3 is 10.2 Å². The molecule has 0 aromatic carbocycles. The Balaban J connectivity index is 1.25. The quantitative estimate of drug-likeness (QED) is 0.854. The van der Waals surface area contributed by atoms with Crippen molar-refractivity contribution in [1.82, 2.24) is 29.9 Å². The van der Waals surface area contributed by atoms with Gasteiger partial charge >= 0.3 is 0 Å². The average Bonchev–Trinajstić information content (AvgIpc) is 2.98. The highest BCUT2D eigenvalue weighted by atomic mass is 16.2. The molecule has 0 bridgehead atoms. The summed E-state index contributed by atoms with van der Waals surface area (Å²) in [4.78, 5) is 20.5. The van der Waals surface area contributed by atoms with Gasteiger partial charge in [-0.3, -0.25) is 19.4 Å². The molecule has 150 valence electrons. The van der Waals surface area contributed by atoms with Crippen molar-refractivity contribution in [2.75, 3.05) is 19.6 Å². The van der Waals surface area contributed by atoms with Crippen LogP contribution in [-0.2, 0) is 31.0 Å². The van der Waals surface area contributed by atoms with Crippen LogP contribution in [0.25, 0.3) is 0 Å². The van der Waals surface area contributed by atoms with Crippen LogP contribution in [0.4, 0.5) is 0 Å². The minimum Gasteiger partial charge on any atom is -0.337 e. The third kappa shape index (κ3) is 4.77. The van der Waals surface area contributed by atoms with Gasteiger partial charge in [0.25, 0.3) is 0 Å². The largest absolute Gasteiger partial charge is 0.337 e. The summed E-state index contributed by atoms with van der Waals surface area (Å²) < 4.78 is 2.08. The van der Waals surface area contributed by atoms with E-state index in [1.54, 1.807) is 6.92 Å². The fourth-order valence-electron chi connectivity index (χ4n) is 4.14. The van der Waals surface area contributed by atoms with E-state index in [-0.39, 0.29) is 5.91 Å². The van der Waals surface area contributed by atoms with Gasteiger partial charge in [-0.25, -0.2) is 0 Å². The molecule has 7 heteroatoms. The fourth-order valence-corrected chi connectivity index (χ4v) is 4.14. The van der Waals surface area contributed by atoms with E-state index >= 15 is 0 Å². The van der Waals surface area contributed by atoms with E-state index in [0.717, 1.165) is 75.6 Å². The van der Waals surface area contributed by atoms with E-state index in [4.69, 9.17) is 5.10 Å². The second-order valence-corrected chi connectivity index (χ2v) is 7.90. The third-order valence-corrected chi connectivity index (χ3v) is 5.78. The zero-order valence-corrected chi connectivity index (χ0v) is 16.7. The number of nitrogens with zero attached hydrogens (tertiary/aromatic N) is 5. The monoisotopic (exact) mass is 382 g/mol. The number of aromatic nitrogens is 3. The van der Waals surface area contributed by atoms with Crippen molar-refractivity contribution >= 4 is 5.91 Å². The van der Waals surface area contributed by atoms with Crippen molar-refractivity contribution in [2.24, 2.45) is 0 Å². The molecular weight excluding hydrogens is 352 g/mol. The Bertz CT molecular complexity index is 781. The van der Waals surface area contributed by atoms with E-state index in [1.165, 1.54) is 0 Å². The standard InChI is InChI=1S/C21H30N6O/c1-17(28)26-9-4-10-27-21(16-26)13-20(24-27)14-23-18-6-11-25(12-7-18)15-19-5-2-3-8-22-19/h2-3,5,8,13,18,23H,4,6-7,9-12,14-16H2,1H3. The highest BCUT2D eigenvalue weighted by molar-refractivity contribution is 5.73. The molecule has 0 radical (unpaired) electrons. The van der Waals surface area contributed by atoms with Crippen LogP contribution in [0.5, 0.6) is 0 Å². The lowest BCUT2D eigenvalue weighted by atomic mass is 10.0. The number of carbonyl (C=O) groups excluding carboxylic acids is 1. The minimum absolute atomic E-state index is 0.145. The highest BCUT2D eigenvalue weighted by Crippen LogP contribution is 2.16. The zero-order chi connectivity index (χ0) is 19.3. The first-order chi connectivity index (χ1) is 13.7. The topological polar surface area (TPSA) is 66.3 Å². The van der Waals surface area contributed by atoms with Crippen LogP contribution in [0.15, 0.2) is 30.5 Å².